The van der Waals surface area contributed by atoms with Gasteiger partial charge in [-0.2, -0.15) is 0 Å². The van der Waals surface area contributed by atoms with Crippen molar-refractivity contribution in [2.24, 2.45) is 5.84 Å². The summed E-state index contributed by atoms with van der Waals surface area (Å²) in [6.07, 6.45) is 1.72. The monoisotopic (exact) mass is 467 g/mol. The third-order valence-corrected chi connectivity index (χ3v) is 5.85. The summed E-state index contributed by atoms with van der Waals surface area (Å²) in [6, 6.07) is 18.1. The Morgan fingerprint density at radius 3 is 2.47 bits per heavy atom. The average Bonchev–Trinajstić information content (AvgIpc) is 2.82. The Bertz CT molecular complexity index is 1500. The number of hydrazine groups is 1. The summed E-state index contributed by atoms with van der Waals surface area (Å²) >= 11 is 6.17. The summed E-state index contributed by atoms with van der Waals surface area (Å²) in [5.41, 5.74) is 5.45. The average molecular weight is 468 g/mol. The number of imide groups is 1. The fraction of sp³-hybridized carbons (Fsp3) is 0.107. The molecule has 0 atom stereocenters. The second-order valence-corrected chi connectivity index (χ2v) is 8.52. The number of nitrogens with two attached hydrogens (primary N) is 1. The number of aryl methyl sites for hydroxylation is 3. The van der Waals surface area contributed by atoms with Gasteiger partial charge < -0.3 is 0 Å². The molecule has 4 rings (SSSR count). The smallest absolute Gasteiger partial charge is 0.267 e. The highest BCUT2D eigenvalue weighted by Gasteiger charge is 2.24. The van der Waals surface area contributed by atoms with Crippen LogP contribution in [0.1, 0.15) is 48.5 Å². The van der Waals surface area contributed by atoms with Gasteiger partial charge in [0.1, 0.15) is 0 Å². The van der Waals surface area contributed by atoms with Crippen molar-refractivity contribution >= 4 is 34.3 Å². The van der Waals surface area contributed by atoms with Crippen LogP contribution in [-0.2, 0) is 0 Å². The molecule has 0 aliphatic carbocycles. The van der Waals surface area contributed by atoms with Gasteiger partial charge in [-0.1, -0.05) is 53.3 Å². The lowest BCUT2D eigenvalue weighted by Gasteiger charge is -2.17. The molecule has 5 nitrogen and oxygen atoms in total. The topological polar surface area (TPSA) is 76.3 Å². The first-order valence-corrected chi connectivity index (χ1v) is 11.0. The predicted octanol–water partition coefficient (Wildman–Crippen LogP) is 5.37. The number of fused-ring (bicyclic) bond motifs is 1. The van der Waals surface area contributed by atoms with Gasteiger partial charge >= 0.3 is 0 Å². The second kappa shape index (κ2) is 9.48. The van der Waals surface area contributed by atoms with Crippen LogP contribution in [0.25, 0.3) is 10.9 Å². The number of benzene rings is 3. The summed E-state index contributed by atoms with van der Waals surface area (Å²) in [6.45, 7) is 5.67. The van der Waals surface area contributed by atoms with Crippen LogP contribution in [0.3, 0.4) is 0 Å². The highest BCUT2D eigenvalue weighted by atomic mass is 35.5. The zero-order valence-electron chi connectivity index (χ0n) is 19.0. The Morgan fingerprint density at radius 2 is 1.71 bits per heavy atom. The van der Waals surface area contributed by atoms with Crippen LogP contribution in [0.2, 0.25) is 5.02 Å². The molecule has 6 heteroatoms. The fourth-order valence-electron chi connectivity index (χ4n) is 3.60. The SMILES string of the molecule is Cc1ccc2ncc(C#Cc3cc(C(=O)N(N)C(=O)c4c(C)cccc4Cl)ccc3C)cc2c1. The van der Waals surface area contributed by atoms with E-state index in [2.05, 4.69) is 22.9 Å². The number of hydrogen-bond acceptors (Lipinski definition) is 4. The molecule has 0 fully saturated rings. The molecule has 2 amide bonds. The molecule has 0 unspecified atom stereocenters. The Balaban J connectivity index is 1.63. The summed E-state index contributed by atoms with van der Waals surface area (Å²) in [4.78, 5) is 30.3. The zero-order chi connectivity index (χ0) is 24.4. The minimum absolute atomic E-state index is 0.200. The quantitative estimate of drug-likeness (QED) is 0.141. The van der Waals surface area contributed by atoms with E-state index in [1.54, 1.807) is 49.5 Å². The van der Waals surface area contributed by atoms with E-state index >= 15 is 0 Å². The number of rotatable bonds is 2. The molecule has 0 spiro atoms. The van der Waals surface area contributed by atoms with E-state index in [1.165, 1.54) is 0 Å². The Morgan fingerprint density at radius 1 is 0.912 bits per heavy atom. The first-order valence-electron chi connectivity index (χ1n) is 10.6. The van der Waals surface area contributed by atoms with E-state index in [-0.39, 0.29) is 16.1 Å². The molecule has 0 aliphatic rings. The summed E-state index contributed by atoms with van der Waals surface area (Å²) < 4.78 is 0. The largest absolute Gasteiger partial charge is 0.276 e. The highest BCUT2D eigenvalue weighted by molar-refractivity contribution is 6.34. The highest BCUT2D eigenvalue weighted by Crippen LogP contribution is 2.22. The van der Waals surface area contributed by atoms with Gasteiger partial charge in [0.25, 0.3) is 11.8 Å². The van der Waals surface area contributed by atoms with Crippen molar-refractivity contribution in [1.29, 1.82) is 0 Å². The third kappa shape index (κ3) is 4.69. The molecule has 3 aromatic carbocycles. The van der Waals surface area contributed by atoms with Gasteiger partial charge in [0.05, 0.1) is 16.1 Å². The standard InChI is InChI=1S/C28H22ClN3O2/c1-17-7-12-25-23(13-17)14-20(16-31-25)9-11-21-15-22(10-8-18(21)2)27(33)32(30)28(34)26-19(3)5-4-6-24(26)29/h4-8,10,12-16H,30H2,1-3H3. The lowest BCUT2D eigenvalue weighted by molar-refractivity contribution is 0.0615. The minimum atomic E-state index is -0.668. The number of aromatic nitrogens is 1. The first kappa shape index (κ1) is 23.2. The van der Waals surface area contributed by atoms with E-state index in [4.69, 9.17) is 17.4 Å². The van der Waals surface area contributed by atoms with E-state index in [0.717, 1.165) is 27.6 Å². The second-order valence-electron chi connectivity index (χ2n) is 8.11. The molecule has 4 aromatic rings. The number of nitrogens with zero attached hydrogens (tertiary/aromatic N) is 2. The molecule has 0 saturated heterocycles. The van der Waals surface area contributed by atoms with Crippen molar-refractivity contribution < 1.29 is 9.59 Å². The number of pyridine rings is 1. The zero-order valence-corrected chi connectivity index (χ0v) is 19.8. The normalized spacial score (nSPS) is 10.5. The third-order valence-electron chi connectivity index (χ3n) is 5.54. The molecule has 34 heavy (non-hydrogen) atoms. The van der Waals surface area contributed by atoms with Crippen LogP contribution in [0.15, 0.2) is 66.9 Å². The Hall–Kier alpha value is -3.98. The van der Waals surface area contributed by atoms with Crippen molar-refractivity contribution in [3.8, 4) is 11.8 Å². The summed E-state index contributed by atoms with van der Waals surface area (Å²) in [7, 11) is 0. The van der Waals surface area contributed by atoms with Gasteiger partial charge in [-0.3, -0.25) is 14.6 Å². The molecule has 0 bridgehead atoms. The number of hydrogen-bond donors (Lipinski definition) is 1. The van der Waals surface area contributed by atoms with Gasteiger partial charge in [-0.15, -0.1) is 0 Å². The van der Waals surface area contributed by atoms with Crippen molar-refractivity contribution in [2.45, 2.75) is 20.8 Å². The van der Waals surface area contributed by atoms with Crippen LogP contribution in [0, 0.1) is 32.6 Å². The Kier molecular flexibility index (Phi) is 6.47. The molecule has 2 N–H and O–H groups in total. The van der Waals surface area contributed by atoms with Crippen molar-refractivity contribution in [3.63, 3.8) is 0 Å². The van der Waals surface area contributed by atoms with Gasteiger partial charge in [0.15, 0.2) is 0 Å². The lowest BCUT2D eigenvalue weighted by Crippen LogP contribution is -2.43. The van der Waals surface area contributed by atoms with Crippen LogP contribution >= 0.6 is 11.6 Å². The maximum Gasteiger partial charge on any atom is 0.276 e. The fourth-order valence-corrected chi connectivity index (χ4v) is 3.91. The minimum Gasteiger partial charge on any atom is -0.267 e. The summed E-state index contributed by atoms with van der Waals surface area (Å²) in [5.74, 6) is 10.8. The molecule has 0 saturated carbocycles. The number of halogens is 1. The van der Waals surface area contributed by atoms with Crippen molar-refractivity contribution in [3.05, 3.63) is 111 Å². The van der Waals surface area contributed by atoms with E-state index < -0.39 is 11.8 Å². The lowest BCUT2D eigenvalue weighted by atomic mass is 10.0. The number of carbonyl (C=O) groups is 2. The van der Waals surface area contributed by atoms with Gasteiger partial charge in [-0.05, 0) is 68.3 Å². The van der Waals surface area contributed by atoms with Crippen LogP contribution in [0.4, 0.5) is 0 Å². The van der Waals surface area contributed by atoms with E-state index in [9.17, 15) is 9.59 Å². The summed E-state index contributed by atoms with van der Waals surface area (Å²) in [5, 5.41) is 1.84. The molecule has 0 radical (unpaired) electrons. The first-order chi connectivity index (χ1) is 16.2. The molecule has 1 aromatic heterocycles. The van der Waals surface area contributed by atoms with Gasteiger partial charge in [0.2, 0.25) is 0 Å². The molecule has 0 aliphatic heterocycles. The maximum absolute atomic E-state index is 13.0. The molecular formula is C28H22ClN3O2. The molecule has 168 valence electrons. The van der Waals surface area contributed by atoms with Crippen molar-refractivity contribution in [1.82, 2.24) is 9.99 Å². The number of amides is 2. The predicted molar refractivity (Wildman–Crippen MR) is 135 cm³/mol. The Labute approximate surface area is 203 Å². The van der Waals surface area contributed by atoms with Crippen molar-refractivity contribution in [2.75, 3.05) is 0 Å². The van der Waals surface area contributed by atoms with Crippen LogP contribution in [0.5, 0.6) is 0 Å². The van der Waals surface area contributed by atoms with Gasteiger partial charge in [-0.25, -0.2) is 10.9 Å². The molecular weight excluding hydrogens is 446 g/mol. The maximum atomic E-state index is 13.0. The molecule has 1 heterocycles. The van der Waals surface area contributed by atoms with Crippen LogP contribution in [-0.4, -0.2) is 21.8 Å². The van der Waals surface area contributed by atoms with Crippen LogP contribution < -0.4 is 5.84 Å². The van der Waals surface area contributed by atoms with E-state index in [0.29, 0.717) is 16.1 Å². The number of carbonyl (C=O) groups excluding carboxylic acids is 2. The van der Waals surface area contributed by atoms with Gasteiger partial charge in [0, 0.05) is 28.3 Å². The van der Waals surface area contributed by atoms with E-state index in [1.807, 2.05) is 32.0 Å².